The summed E-state index contributed by atoms with van der Waals surface area (Å²) in [5, 5.41) is 8.96. The van der Waals surface area contributed by atoms with Crippen LogP contribution in [0.1, 0.15) is 67.6 Å². The van der Waals surface area contributed by atoms with E-state index in [0.29, 0.717) is 48.2 Å². The van der Waals surface area contributed by atoms with Crippen LogP contribution in [-0.2, 0) is 23.9 Å². The number of nitrogens with zero attached hydrogens (tertiary/aromatic N) is 1. The predicted octanol–water partition coefficient (Wildman–Crippen LogP) is 2.65. The van der Waals surface area contributed by atoms with E-state index >= 15 is 0 Å². The Balaban J connectivity index is 0.00000705. The summed E-state index contributed by atoms with van der Waals surface area (Å²) >= 11 is 0. The van der Waals surface area contributed by atoms with Gasteiger partial charge in [0, 0.05) is 46.1 Å². The molecular formula is C31H48N6O7. The second kappa shape index (κ2) is 15.7. The van der Waals surface area contributed by atoms with Crippen LogP contribution < -0.4 is 26.4 Å². The third kappa shape index (κ3) is 8.45. The molecule has 3 atom stereocenters. The number of aliphatic imine (C=N–C) groups is 1. The number of rotatable bonds is 14. The minimum atomic E-state index is -1.15. The largest absolute Gasteiger partial charge is 0.496 e. The molecule has 13 heteroatoms. The number of hydrogen-bond acceptors (Lipinski definition) is 9. The topological polar surface area (TPSA) is 194 Å². The molecule has 1 aromatic carbocycles. The molecular weight excluding hydrogens is 568 g/mol. The lowest BCUT2D eigenvalue weighted by molar-refractivity contribution is -0.145. The number of piperidine rings is 1. The summed E-state index contributed by atoms with van der Waals surface area (Å²) in [7, 11) is 3.03. The van der Waals surface area contributed by atoms with Crippen LogP contribution in [0, 0.1) is 5.92 Å². The van der Waals surface area contributed by atoms with Crippen LogP contribution in [0.5, 0.6) is 5.75 Å². The van der Waals surface area contributed by atoms with Crippen molar-refractivity contribution in [3.8, 4) is 5.75 Å². The van der Waals surface area contributed by atoms with Crippen LogP contribution in [0.15, 0.2) is 40.5 Å². The van der Waals surface area contributed by atoms with Crippen molar-refractivity contribution in [3.05, 3.63) is 41.2 Å². The van der Waals surface area contributed by atoms with Crippen LogP contribution in [0.2, 0.25) is 0 Å². The summed E-state index contributed by atoms with van der Waals surface area (Å²) in [6.07, 6.45) is 2.13. The maximum atomic E-state index is 13.5. The van der Waals surface area contributed by atoms with Gasteiger partial charge in [-0.15, -0.1) is 0 Å². The quantitative estimate of drug-likeness (QED) is 0.121. The Kier molecular flexibility index (Phi) is 12.1. The maximum Gasteiger partial charge on any atom is 0.342 e. The summed E-state index contributed by atoms with van der Waals surface area (Å²) in [6.45, 7) is 4.85. The number of Topliss-reactive ketones (excluding diaryl/α,β-unsaturated/α-hetero) is 1. The van der Waals surface area contributed by atoms with Gasteiger partial charge in [0.1, 0.15) is 17.5 Å². The molecule has 2 aromatic rings. The number of carbonyl (C=O) groups is 5. The van der Waals surface area contributed by atoms with Gasteiger partial charge in [0.25, 0.3) is 5.91 Å². The number of allylic oxidation sites excluding steroid dienone is 1. The maximum absolute atomic E-state index is 13.5. The molecule has 1 fully saturated rings. The van der Waals surface area contributed by atoms with Gasteiger partial charge in [-0.05, 0) is 57.7 Å². The number of nitrogens with two attached hydrogens (primary N) is 1. The first-order chi connectivity index (χ1) is 21.0. The lowest BCUT2D eigenvalue weighted by Crippen LogP contribution is -2.53. The number of ketones is 1. The SMILES string of the molecule is CCC[C@H](NC(=O)c1cc2c(OC)cccc2[nH]1)C(=O)N[C@@H](C[C@@H]1CCCNC1=O)C(=O)COC(=O)/C(C(C)=NC)=C(\C)N.[HH].[HH].[HH]. The lowest BCUT2D eigenvalue weighted by Gasteiger charge is -2.27. The zero-order valence-corrected chi connectivity index (χ0v) is 25.9. The highest BCUT2D eigenvalue weighted by molar-refractivity contribution is 6.19. The number of methoxy groups -OCH3 is 1. The number of nitrogens with one attached hydrogen (secondary N) is 4. The molecule has 3 rings (SSSR count). The number of ether oxygens (including phenoxy) is 2. The Labute approximate surface area is 260 Å². The summed E-state index contributed by atoms with van der Waals surface area (Å²) in [5.41, 5.74) is 7.34. The molecule has 44 heavy (non-hydrogen) atoms. The fourth-order valence-corrected chi connectivity index (χ4v) is 5.12. The molecule has 0 spiro atoms. The first-order valence-electron chi connectivity index (χ1n) is 14.6. The molecule has 1 aromatic heterocycles. The number of aromatic amines is 1. The van der Waals surface area contributed by atoms with E-state index in [2.05, 4.69) is 25.9 Å². The third-order valence-corrected chi connectivity index (χ3v) is 7.55. The number of carbonyl (C=O) groups excluding carboxylic acids is 5. The summed E-state index contributed by atoms with van der Waals surface area (Å²) in [4.78, 5) is 72.3. The Hall–Kier alpha value is -4.68. The van der Waals surface area contributed by atoms with Gasteiger partial charge in [0.15, 0.2) is 12.4 Å². The lowest BCUT2D eigenvalue weighted by atomic mass is 9.90. The highest BCUT2D eigenvalue weighted by atomic mass is 16.5. The van der Waals surface area contributed by atoms with Crippen molar-refractivity contribution < 1.29 is 37.7 Å². The van der Waals surface area contributed by atoms with Crippen LogP contribution in [0.3, 0.4) is 0 Å². The molecule has 0 unspecified atom stereocenters. The highest BCUT2D eigenvalue weighted by Gasteiger charge is 2.33. The van der Waals surface area contributed by atoms with Crippen molar-refractivity contribution in [1.82, 2.24) is 20.9 Å². The Morgan fingerprint density at radius 2 is 1.93 bits per heavy atom. The number of fused-ring (bicyclic) bond motifs is 1. The van der Waals surface area contributed by atoms with Gasteiger partial charge in [-0.2, -0.15) is 0 Å². The van der Waals surface area contributed by atoms with Crippen molar-refractivity contribution in [2.24, 2.45) is 16.6 Å². The minimum Gasteiger partial charge on any atom is -0.496 e. The molecule has 1 aliphatic rings. The standard InChI is InChI=1S/C31H42N6O7.3H2/c1-6-9-22(36-30(41)24-15-20-21(35-24)11-7-12-26(20)43-5)29(40)37-23(14-19-10-8-13-34-28(19)39)25(38)16-44-31(42)27(17(2)32)18(3)33-4;;;/h7,11-12,15,19,22-23,35H,6,8-10,13-14,16,32H2,1-5H3,(H,34,39)(H,36,41)(H,37,40);3*1H/b27-17+,33-18?;;;/t19-,22-,23-;;;/m0.../s1. The number of esters is 1. The normalized spacial score (nSPS) is 17.2. The average molecular weight is 617 g/mol. The van der Waals surface area contributed by atoms with Gasteiger partial charge >= 0.3 is 5.97 Å². The molecule has 0 saturated carbocycles. The first-order valence-corrected chi connectivity index (χ1v) is 14.6. The van der Waals surface area contributed by atoms with Crippen molar-refractivity contribution in [2.75, 3.05) is 27.3 Å². The van der Waals surface area contributed by atoms with Gasteiger partial charge in [-0.25, -0.2) is 4.79 Å². The average Bonchev–Trinajstić information content (AvgIpc) is 3.45. The van der Waals surface area contributed by atoms with E-state index in [1.807, 2.05) is 6.92 Å². The van der Waals surface area contributed by atoms with E-state index in [1.54, 1.807) is 31.2 Å². The highest BCUT2D eigenvalue weighted by Crippen LogP contribution is 2.26. The van der Waals surface area contributed by atoms with E-state index in [1.165, 1.54) is 21.1 Å². The first kappa shape index (κ1) is 33.8. The monoisotopic (exact) mass is 616 g/mol. The predicted molar refractivity (Wildman–Crippen MR) is 172 cm³/mol. The van der Waals surface area contributed by atoms with Crippen molar-refractivity contribution in [3.63, 3.8) is 0 Å². The molecule has 13 nitrogen and oxygen atoms in total. The van der Waals surface area contributed by atoms with E-state index in [9.17, 15) is 24.0 Å². The van der Waals surface area contributed by atoms with Crippen LogP contribution >= 0.6 is 0 Å². The van der Waals surface area contributed by atoms with Crippen LogP contribution in [0.4, 0.5) is 0 Å². The number of hydrogen-bond donors (Lipinski definition) is 5. The molecule has 1 saturated heterocycles. The molecule has 2 heterocycles. The molecule has 6 N–H and O–H groups in total. The summed E-state index contributed by atoms with van der Waals surface area (Å²) in [5.74, 6) is -2.68. The molecule has 1 aliphatic heterocycles. The van der Waals surface area contributed by atoms with E-state index < -0.39 is 48.2 Å². The Morgan fingerprint density at radius 1 is 1.18 bits per heavy atom. The van der Waals surface area contributed by atoms with Crippen LogP contribution in [0.25, 0.3) is 10.9 Å². The Bertz CT molecular complexity index is 1470. The molecule has 0 bridgehead atoms. The van der Waals surface area contributed by atoms with Crippen molar-refractivity contribution in [2.45, 2.75) is 65.0 Å². The van der Waals surface area contributed by atoms with Gasteiger partial charge in [0.2, 0.25) is 11.8 Å². The minimum absolute atomic E-state index is 0. The second-order valence-corrected chi connectivity index (χ2v) is 10.8. The zero-order chi connectivity index (χ0) is 32.4. The molecule has 244 valence electrons. The van der Waals surface area contributed by atoms with E-state index in [-0.39, 0.29) is 33.6 Å². The second-order valence-electron chi connectivity index (χ2n) is 10.8. The van der Waals surface area contributed by atoms with E-state index in [0.717, 1.165) is 6.42 Å². The summed E-state index contributed by atoms with van der Waals surface area (Å²) < 4.78 is 10.6. The van der Waals surface area contributed by atoms with Gasteiger partial charge in [-0.3, -0.25) is 24.2 Å². The third-order valence-electron chi connectivity index (χ3n) is 7.55. The van der Waals surface area contributed by atoms with Crippen molar-refractivity contribution >= 4 is 46.1 Å². The number of amides is 3. The number of H-pyrrole nitrogens is 1. The smallest absolute Gasteiger partial charge is 0.342 e. The van der Waals surface area contributed by atoms with E-state index in [4.69, 9.17) is 15.2 Å². The van der Waals surface area contributed by atoms with Crippen molar-refractivity contribution in [1.29, 1.82) is 0 Å². The Morgan fingerprint density at radius 3 is 2.57 bits per heavy atom. The van der Waals surface area contributed by atoms with Gasteiger partial charge in [-0.1, -0.05) is 19.4 Å². The number of aromatic nitrogens is 1. The fraction of sp³-hybridized carbons (Fsp3) is 0.484. The molecule has 0 aliphatic carbocycles. The summed E-state index contributed by atoms with van der Waals surface area (Å²) in [6, 6.07) is 4.89. The zero-order valence-electron chi connectivity index (χ0n) is 25.9. The van der Waals surface area contributed by atoms with Crippen LogP contribution in [-0.4, -0.2) is 79.6 Å². The number of benzene rings is 1. The van der Waals surface area contributed by atoms with Gasteiger partial charge < -0.3 is 36.1 Å². The molecule has 0 radical (unpaired) electrons. The fourth-order valence-electron chi connectivity index (χ4n) is 5.12. The molecule has 3 amide bonds. The van der Waals surface area contributed by atoms with Gasteiger partial charge in [0.05, 0.1) is 18.7 Å².